The van der Waals surface area contributed by atoms with Gasteiger partial charge in [-0.3, -0.25) is 4.72 Å². The van der Waals surface area contributed by atoms with Crippen molar-refractivity contribution in [2.45, 2.75) is 18.4 Å². The maximum absolute atomic E-state index is 13.8. The Bertz CT molecular complexity index is 743. The number of hydrogen-bond acceptors (Lipinski definition) is 4. The highest BCUT2D eigenvalue weighted by atomic mass is 35.5. The lowest BCUT2D eigenvalue weighted by Gasteiger charge is -2.10. The highest BCUT2D eigenvalue weighted by Gasteiger charge is 2.24. The molecule has 0 amide bonds. The highest BCUT2D eigenvalue weighted by molar-refractivity contribution is 7.93. The third kappa shape index (κ3) is 2.80. The molecule has 0 atom stereocenters. The molecule has 0 radical (unpaired) electrons. The molecule has 0 spiro atoms. The van der Waals surface area contributed by atoms with Gasteiger partial charge in [-0.05, 0) is 30.0 Å². The molecule has 108 valence electrons. The average Bonchev–Trinajstić information content (AvgIpc) is 2.77. The number of rotatable bonds is 4. The maximum Gasteiger partial charge on any atom is 0.263 e. The van der Waals surface area contributed by atoms with Crippen LogP contribution in [0.3, 0.4) is 0 Å². The van der Waals surface area contributed by atoms with Gasteiger partial charge in [0, 0.05) is 0 Å². The van der Waals surface area contributed by atoms with Gasteiger partial charge < -0.3 is 5.11 Å². The predicted molar refractivity (Wildman–Crippen MR) is 77.2 cm³/mol. The topological polar surface area (TPSA) is 66.4 Å². The molecule has 2 N–H and O–H groups in total. The fourth-order valence-corrected chi connectivity index (χ4v) is 4.63. The zero-order valence-electron chi connectivity index (χ0n) is 10.4. The summed E-state index contributed by atoms with van der Waals surface area (Å²) >= 11 is 6.74. The Labute approximate surface area is 124 Å². The van der Waals surface area contributed by atoms with Gasteiger partial charge in [0.05, 0.1) is 22.2 Å². The Hall–Kier alpha value is -1.15. The minimum Gasteiger partial charge on any atom is -0.391 e. The first kappa shape index (κ1) is 15.2. The third-order valence-electron chi connectivity index (χ3n) is 2.60. The van der Waals surface area contributed by atoms with Crippen molar-refractivity contribution in [3.8, 4) is 0 Å². The molecule has 2 rings (SSSR count). The number of sulfonamides is 1. The predicted octanol–water partition coefficient (Wildman–Crippen LogP) is 3.14. The smallest absolute Gasteiger partial charge is 0.263 e. The van der Waals surface area contributed by atoms with E-state index in [0.29, 0.717) is 10.4 Å². The fraction of sp³-hybridized carbons (Fsp3) is 0.167. The van der Waals surface area contributed by atoms with Crippen molar-refractivity contribution in [2.24, 2.45) is 0 Å². The third-order valence-corrected chi connectivity index (χ3v) is 5.70. The molecule has 1 heterocycles. The van der Waals surface area contributed by atoms with Crippen LogP contribution < -0.4 is 4.72 Å². The van der Waals surface area contributed by atoms with E-state index in [-0.39, 0.29) is 15.6 Å². The van der Waals surface area contributed by atoms with Crippen molar-refractivity contribution in [2.75, 3.05) is 4.72 Å². The Morgan fingerprint density at radius 1 is 1.45 bits per heavy atom. The first-order valence-corrected chi connectivity index (χ1v) is 8.25. The summed E-state index contributed by atoms with van der Waals surface area (Å²) < 4.78 is 40.5. The number of anilines is 1. The van der Waals surface area contributed by atoms with Gasteiger partial charge in [0.2, 0.25) is 0 Å². The first-order valence-electron chi connectivity index (χ1n) is 5.51. The summed E-state index contributed by atoms with van der Waals surface area (Å²) in [5.41, 5.74) is 0.265. The number of nitrogens with one attached hydrogen (secondary N) is 1. The van der Waals surface area contributed by atoms with Crippen LogP contribution in [-0.4, -0.2) is 13.5 Å². The van der Waals surface area contributed by atoms with Crippen molar-refractivity contribution in [1.29, 1.82) is 0 Å². The molecule has 0 aliphatic carbocycles. The monoisotopic (exact) mass is 335 g/mol. The van der Waals surface area contributed by atoms with Gasteiger partial charge in [0.15, 0.2) is 5.82 Å². The van der Waals surface area contributed by atoms with Crippen LogP contribution in [0.25, 0.3) is 0 Å². The molecule has 0 aliphatic rings. The molecule has 0 unspecified atom stereocenters. The van der Waals surface area contributed by atoms with Gasteiger partial charge in [-0.1, -0.05) is 17.7 Å². The van der Waals surface area contributed by atoms with E-state index in [9.17, 15) is 17.9 Å². The van der Waals surface area contributed by atoms with E-state index in [1.165, 1.54) is 18.2 Å². The number of benzene rings is 1. The summed E-state index contributed by atoms with van der Waals surface area (Å²) in [6.45, 7) is 1.21. The Kier molecular flexibility index (Phi) is 4.33. The van der Waals surface area contributed by atoms with Crippen LogP contribution in [0, 0.1) is 12.7 Å². The van der Waals surface area contributed by atoms with Gasteiger partial charge >= 0.3 is 0 Å². The Morgan fingerprint density at radius 3 is 2.80 bits per heavy atom. The summed E-state index contributed by atoms with van der Waals surface area (Å²) in [5.74, 6) is -0.837. The average molecular weight is 336 g/mol. The van der Waals surface area contributed by atoms with E-state index in [0.717, 1.165) is 11.3 Å². The second-order valence-corrected chi connectivity index (χ2v) is 7.03. The summed E-state index contributed by atoms with van der Waals surface area (Å²) in [7, 11) is -3.98. The second kappa shape index (κ2) is 5.69. The van der Waals surface area contributed by atoms with Gasteiger partial charge in [0.25, 0.3) is 10.0 Å². The van der Waals surface area contributed by atoms with Crippen LogP contribution in [0.1, 0.15) is 10.4 Å². The molecule has 8 heteroatoms. The molecule has 20 heavy (non-hydrogen) atoms. The van der Waals surface area contributed by atoms with Crippen LogP contribution in [0.4, 0.5) is 10.1 Å². The molecule has 1 aromatic heterocycles. The number of thiophene rings is 1. The maximum atomic E-state index is 13.8. The minimum atomic E-state index is -3.98. The molecule has 0 saturated heterocycles. The largest absolute Gasteiger partial charge is 0.391 e. The van der Waals surface area contributed by atoms with Crippen molar-refractivity contribution in [3.63, 3.8) is 0 Å². The molecule has 1 aromatic carbocycles. The number of aliphatic hydroxyl groups excluding tert-OH is 1. The SMILES string of the molecule is Cc1csc(CO)c1S(=O)(=O)Nc1cccc(Cl)c1F. The fourth-order valence-electron chi connectivity index (χ4n) is 1.74. The highest BCUT2D eigenvalue weighted by Crippen LogP contribution is 2.30. The van der Waals surface area contributed by atoms with Gasteiger partial charge in [-0.25, -0.2) is 12.8 Å². The number of hydrogen-bond donors (Lipinski definition) is 2. The van der Waals surface area contributed by atoms with Crippen molar-refractivity contribution >= 4 is 38.6 Å². The van der Waals surface area contributed by atoms with Crippen LogP contribution >= 0.6 is 22.9 Å². The molecular formula is C12H11ClFNO3S2. The molecular weight excluding hydrogens is 325 g/mol. The summed E-state index contributed by atoms with van der Waals surface area (Å²) in [5, 5.41) is 10.6. The molecule has 2 aromatic rings. The van der Waals surface area contributed by atoms with E-state index in [1.54, 1.807) is 12.3 Å². The number of halogens is 2. The van der Waals surface area contributed by atoms with E-state index in [4.69, 9.17) is 11.6 Å². The zero-order valence-corrected chi connectivity index (χ0v) is 12.7. The van der Waals surface area contributed by atoms with E-state index < -0.39 is 22.4 Å². The van der Waals surface area contributed by atoms with Crippen molar-refractivity contribution in [3.05, 3.63) is 44.9 Å². The lowest BCUT2D eigenvalue weighted by atomic mass is 10.3. The standard InChI is InChI=1S/C12H11ClFNO3S2/c1-7-6-19-10(5-16)12(7)20(17,18)15-9-4-2-3-8(13)11(9)14/h2-4,6,15-16H,5H2,1H3. The van der Waals surface area contributed by atoms with E-state index >= 15 is 0 Å². The van der Waals surface area contributed by atoms with Crippen LogP contribution in [0.2, 0.25) is 5.02 Å². The minimum absolute atomic E-state index is 0.0237. The lowest BCUT2D eigenvalue weighted by molar-refractivity contribution is 0.282. The lowest BCUT2D eigenvalue weighted by Crippen LogP contribution is -2.16. The van der Waals surface area contributed by atoms with Gasteiger partial charge in [-0.2, -0.15) is 0 Å². The molecule has 0 aliphatic heterocycles. The van der Waals surface area contributed by atoms with Crippen molar-refractivity contribution < 1.29 is 17.9 Å². The Morgan fingerprint density at radius 2 is 2.15 bits per heavy atom. The number of aliphatic hydroxyl groups is 1. The van der Waals surface area contributed by atoms with Crippen LogP contribution in [0.15, 0.2) is 28.5 Å². The zero-order chi connectivity index (χ0) is 14.9. The van der Waals surface area contributed by atoms with Crippen LogP contribution in [-0.2, 0) is 16.6 Å². The Balaban J connectivity index is 2.46. The summed E-state index contributed by atoms with van der Waals surface area (Å²) in [6.07, 6.45) is 0. The first-order chi connectivity index (χ1) is 9.36. The quantitative estimate of drug-likeness (QED) is 0.902. The molecule has 4 nitrogen and oxygen atoms in total. The van der Waals surface area contributed by atoms with Gasteiger partial charge in [-0.15, -0.1) is 11.3 Å². The van der Waals surface area contributed by atoms with E-state index in [2.05, 4.69) is 4.72 Å². The van der Waals surface area contributed by atoms with E-state index in [1.807, 2.05) is 0 Å². The van der Waals surface area contributed by atoms with Gasteiger partial charge in [0.1, 0.15) is 4.90 Å². The van der Waals surface area contributed by atoms with Crippen molar-refractivity contribution in [1.82, 2.24) is 0 Å². The summed E-state index contributed by atoms with van der Waals surface area (Å²) in [4.78, 5) is 0.279. The number of aryl methyl sites for hydroxylation is 1. The molecule has 0 fully saturated rings. The normalized spacial score (nSPS) is 11.6. The van der Waals surface area contributed by atoms with Crippen LogP contribution in [0.5, 0.6) is 0 Å². The summed E-state index contributed by atoms with van der Waals surface area (Å²) in [6, 6.07) is 4.04. The molecule has 0 bridgehead atoms. The second-order valence-electron chi connectivity index (χ2n) is 4.04. The molecule has 0 saturated carbocycles.